The summed E-state index contributed by atoms with van der Waals surface area (Å²) in [5.41, 5.74) is 0.365. The molecule has 1 unspecified atom stereocenters. The van der Waals surface area contributed by atoms with E-state index >= 15 is 0 Å². The first-order valence-corrected chi connectivity index (χ1v) is 7.16. The quantitative estimate of drug-likeness (QED) is 0.670. The van der Waals surface area contributed by atoms with Crippen LogP contribution in [0, 0.1) is 0 Å². The molecule has 2 aromatic rings. The van der Waals surface area contributed by atoms with Crippen molar-refractivity contribution in [2.75, 3.05) is 0 Å². The van der Waals surface area contributed by atoms with Gasteiger partial charge in [0.2, 0.25) is 0 Å². The van der Waals surface area contributed by atoms with Gasteiger partial charge >= 0.3 is 10.1 Å². The smallest absolute Gasteiger partial charge is 0.339 e. The molecule has 1 N–H and O–H groups in total. The number of hydrogen-bond donors (Lipinski definition) is 1. The molecular formula is C14H12O5S. The third kappa shape index (κ3) is 3.23. The van der Waals surface area contributed by atoms with Gasteiger partial charge < -0.3 is 14.1 Å². The lowest BCUT2D eigenvalue weighted by atomic mass is 10.1. The highest BCUT2D eigenvalue weighted by molar-refractivity contribution is 7.87. The Balaban J connectivity index is 2.20. The highest BCUT2D eigenvalue weighted by Gasteiger charge is 2.16. The molecule has 0 saturated carbocycles. The van der Waals surface area contributed by atoms with Crippen molar-refractivity contribution in [2.24, 2.45) is 0 Å². The number of hydrogen-bond acceptors (Lipinski definition) is 5. The zero-order valence-electron chi connectivity index (χ0n) is 10.3. The summed E-state index contributed by atoms with van der Waals surface area (Å²) in [5.74, 6) is 0.107. The van der Waals surface area contributed by atoms with Crippen molar-refractivity contribution < 1.29 is 22.5 Å². The number of aliphatic hydroxyl groups excluding tert-OH is 1. The molecule has 0 saturated heterocycles. The fourth-order valence-corrected chi connectivity index (χ4v) is 2.51. The molecule has 1 atom stereocenters. The topological polar surface area (TPSA) is 80.7 Å². The molecule has 0 fully saturated rings. The lowest BCUT2D eigenvalue weighted by Crippen LogP contribution is -2.09. The molecule has 0 aliphatic carbocycles. The molecule has 0 aliphatic rings. The number of carbonyl (C=O) groups excluding carboxylic acids is 1. The number of aldehydes is 1. The Morgan fingerprint density at radius 1 is 1.00 bits per heavy atom. The first kappa shape index (κ1) is 14.2. The molecule has 0 aliphatic heterocycles. The maximum atomic E-state index is 11.9. The van der Waals surface area contributed by atoms with Crippen LogP contribution in [0.2, 0.25) is 0 Å². The largest absolute Gasteiger partial charge is 0.381 e. The van der Waals surface area contributed by atoms with Gasteiger partial charge in [-0.2, -0.15) is 8.42 Å². The average Bonchev–Trinajstić information content (AvgIpc) is 2.48. The molecule has 0 spiro atoms. The minimum Gasteiger partial charge on any atom is -0.381 e. The molecule has 20 heavy (non-hydrogen) atoms. The highest BCUT2D eigenvalue weighted by Crippen LogP contribution is 2.20. The van der Waals surface area contributed by atoms with Gasteiger partial charge in [-0.05, 0) is 29.8 Å². The molecule has 0 amide bonds. The summed E-state index contributed by atoms with van der Waals surface area (Å²) >= 11 is 0. The van der Waals surface area contributed by atoms with Gasteiger partial charge in [0.15, 0.2) is 6.29 Å². The van der Waals surface area contributed by atoms with Gasteiger partial charge in [-0.15, -0.1) is 0 Å². The minimum absolute atomic E-state index is 0.0528. The van der Waals surface area contributed by atoms with E-state index in [1.807, 2.05) is 0 Å². The van der Waals surface area contributed by atoms with Crippen LogP contribution in [-0.2, 0) is 14.9 Å². The minimum atomic E-state index is -3.88. The highest BCUT2D eigenvalue weighted by atomic mass is 32.2. The lowest BCUT2D eigenvalue weighted by molar-refractivity contribution is -0.115. The number of rotatable bonds is 5. The molecule has 2 rings (SSSR count). The van der Waals surface area contributed by atoms with E-state index in [2.05, 4.69) is 0 Å². The lowest BCUT2D eigenvalue weighted by Gasteiger charge is -2.08. The van der Waals surface area contributed by atoms with Gasteiger partial charge in [-0.1, -0.05) is 30.3 Å². The normalized spacial score (nSPS) is 12.7. The van der Waals surface area contributed by atoms with E-state index in [1.54, 1.807) is 18.2 Å². The summed E-state index contributed by atoms with van der Waals surface area (Å²) in [4.78, 5) is 10.5. The second-order valence-electron chi connectivity index (χ2n) is 4.00. The van der Waals surface area contributed by atoms with Gasteiger partial charge in [0.05, 0.1) is 0 Å². The number of carbonyl (C=O) groups is 1. The zero-order valence-corrected chi connectivity index (χ0v) is 11.2. The van der Waals surface area contributed by atoms with Crippen LogP contribution in [0.15, 0.2) is 59.5 Å². The first-order valence-electron chi connectivity index (χ1n) is 5.76. The molecule has 2 aromatic carbocycles. The van der Waals surface area contributed by atoms with Crippen LogP contribution in [0.1, 0.15) is 11.7 Å². The zero-order chi connectivity index (χ0) is 14.6. The molecule has 5 nitrogen and oxygen atoms in total. The van der Waals surface area contributed by atoms with E-state index in [1.165, 1.54) is 36.4 Å². The van der Waals surface area contributed by atoms with E-state index in [0.29, 0.717) is 11.8 Å². The monoisotopic (exact) mass is 292 g/mol. The van der Waals surface area contributed by atoms with Crippen molar-refractivity contribution in [3.63, 3.8) is 0 Å². The summed E-state index contributed by atoms with van der Waals surface area (Å²) in [5, 5.41) is 9.30. The Morgan fingerprint density at radius 2 is 1.60 bits per heavy atom. The van der Waals surface area contributed by atoms with E-state index in [-0.39, 0.29) is 10.6 Å². The van der Waals surface area contributed by atoms with Gasteiger partial charge in [0.1, 0.15) is 16.7 Å². The summed E-state index contributed by atoms with van der Waals surface area (Å²) in [6.45, 7) is 0. The first-order chi connectivity index (χ1) is 9.53. The van der Waals surface area contributed by atoms with Crippen molar-refractivity contribution in [3.8, 4) is 5.75 Å². The van der Waals surface area contributed by atoms with Crippen LogP contribution in [-0.4, -0.2) is 19.8 Å². The molecule has 6 heteroatoms. The Kier molecular flexibility index (Phi) is 4.16. The van der Waals surface area contributed by atoms with Crippen molar-refractivity contribution in [2.45, 2.75) is 11.0 Å². The molecule has 0 heterocycles. The van der Waals surface area contributed by atoms with Gasteiger partial charge in [0.25, 0.3) is 0 Å². The molecule has 0 radical (unpaired) electrons. The third-order valence-corrected chi connectivity index (χ3v) is 3.85. The van der Waals surface area contributed by atoms with Gasteiger partial charge in [-0.3, -0.25) is 0 Å². The third-order valence-electron chi connectivity index (χ3n) is 2.59. The Morgan fingerprint density at radius 3 is 2.15 bits per heavy atom. The Bertz CT molecular complexity index is 677. The second-order valence-corrected chi connectivity index (χ2v) is 5.55. The van der Waals surface area contributed by atoms with E-state index < -0.39 is 16.2 Å². The van der Waals surface area contributed by atoms with E-state index in [0.717, 1.165) is 0 Å². The van der Waals surface area contributed by atoms with Crippen molar-refractivity contribution in [1.29, 1.82) is 0 Å². The summed E-state index contributed by atoms with van der Waals surface area (Å²) in [7, 11) is -3.88. The van der Waals surface area contributed by atoms with Crippen LogP contribution >= 0.6 is 0 Å². The Hall–Kier alpha value is -2.18. The molecule has 0 bridgehead atoms. The predicted octanol–water partition coefficient (Wildman–Crippen LogP) is 1.69. The van der Waals surface area contributed by atoms with E-state index in [4.69, 9.17) is 4.18 Å². The van der Waals surface area contributed by atoms with Crippen molar-refractivity contribution in [1.82, 2.24) is 0 Å². The van der Waals surface area contributed by atoms with E-state index in [9.17, 15) is 18.3 Å². The average molecular weight is 292 g/mol. The SMILES string of the molecule is O=CC(O)c1ccc(OS(=O)(=O)c2ccccc2)cc1. The summed E-state index contributed by atoms with van der Waals surface area (Å²) < 4.78 is 28.9. The van der Waals surface area contributed by atoms with Crippen LogP contribution in [0.5, 0.6) is 5.75 Å². The van der Waals surface area contributed by atoms with Crippen LogP contribution in [0.3, 0.4) is 0 Å². The van der Waals surface area contributed by atoms with Crippen molar-refractivity contribution >= 4 is 16.4 Å². The standard InChI is InChI=1S/C14H12O5S/c15-10-14(16)11-6-8-12(9-7-11)19-20(17,18)13-4-2-1-3-5-13/h1-10,14,16H. The van der Waals surface area contributed by atoms with Crippen molar-refractivity contribution in [3.05, 3.63) is 60.2 Å². The number of benzene rings is 2. The predicted molar refractivity (Wildman–Crippen MR) is 71.7 cm³/mol. The summed E-state index contributed by atoms with van der Waals surface area (Å²) in [6, 6.07) is 13.4. The molecule has 0 aromatic heterocycles. The van der Waals surface area contributed by atoms with Gasteiger partial charge in [-0.25, -0.2) is 0 Å². The number of aliphatic hydroxyl groups is 1. The maximum Gasteiger partial charge on any atom is 0.339 e. The van der Waals surface area contributed by atoms with Gasteiger partial charge in [0, 0.05) is 0 Å². The molecular weight excluding hydrogens is 280 g/mol. The van der Waals surface area contributed by atoms with Crippen LogP contribution in [0.25, 0.3) is 0 Å². The maximum absolute atomic E-state index is 11.9. The summed E-state index contributed by atoms with van der Waals surface area (Å²) in [6.07, 6.45) is -0.842. The second kappa shape index (κ2) is 5.85. The van der Waals surface area contributed by atoms with Crippen LogP contribution < -0.4 is 4.18 Å². The molecule has 104 valence electrons. The Labute approximate surface area is 116 Å². The fraction of sp³-hybridized carbons (Fsp3) is 0.0714. The fourth-order valence-electron chi connectivity index (χ4n) is 1.56. The van der Waals surface area contributed by atoms with Crippen LogP contribution in [0.4, 0.5) is 0 Å².